The molecule has 2 fully saturated rings. The average molecular weight is 485 g/mol. The normalized spacial score (nSPS) is 19.7. The lowest BCUT2D eigenvalue weighted by Crippen LogP contribution is -2.41. The number of amides is 3. The Morgan fingerprint density at radius 1 is 1.17 bits per heavy atom. The van der Waals surface area contributed by atoms with Crippen molar-refractivity contribution >= 4 is 28.8 Å². The number of carbonyl (C=O) groups is 3. The van der Waals surface area contributed by atoms with Crippen molar-refractivity contribution in [2.45, 2.75) is 70.8 Å². The summed E-state index contributed by atoms with van der Waals surface area (Å²) < 4.78 is 13.3. The van der Waals surface area contributed by atoms with Gasteiger partial charge in [-0.2, -0.15) is 5.10 Å². The summed E-state index contributed by atoms with van der Waals surface area (Å²) in [5.41, 5.74) is 1.14. The first kappa shape index (κ1) is 25.0. The lowest BCUT2D eigenvalue weighted by molar-refractivity contribution is -0.134. The summed E-state index contributed by atoms with van der Waals surface area (Å²) in [5, 5.41) is 7.90. The van der Waals surface area contributed by atoms with Crippen LogP contribution in [0.25, 0.3) is 10.9 Å². The van der Waals surface area contributed by atoms with Crippen LogP contribution >= 0.6 is 0 Å². The van der Waals surface area contributed by atoms with Gasteiger partial charge in [0.1, 0.15) is 11.4 Å². The van der Waals surface area contributed by atoms with Crippen LogP contribution in [0, 0.1) is 5.92 Å². The number of hydrogen-bond donors (Lipinski definition) is 1. The lowest BCUT2D eigenvalue weighted by Gasteiger charge is -2.33. The van der Waals surface area contributed by atoms with E-state index in [9.17, 15) is 14.4 Å². The van der Waals surface area contributed by atoms with Crippen LogP contribution in [-0.4, -0.2) is 57.9 Å². The zero-order chi connectivity index (χ0) is 25.2. The van der Waals surface area contributed by atoms with E-state index < -0.39 is 11.5 Å². The molecule has 0 aliphatic carbocycles. The molecule has 1 atom stereocenters. The highest BCUT2D eigenvalue weighted by atomic mass is 16.6. The minimum atomic E-state index is -0.462. The molecule has 1 N–H and O–H groups in total. The minimum absolute atomic E-state index is 0.217. The van der Waals surface area contributed by atoms with Gasteiger partial charge in [-0.3, -0.25) is 19.6 Å². The number of imide groups is 1. The molecular formula is C26H36N4O5. The molecule has 0 radical (unpaired) electrons. The predicted molar refractivity (Wildman–Crippen MR) is 131 cm³/mol. The monoisotopic (exact) mass is 484 g/mol. The van der Waals surface area contributed by atoms with Crippen molar-refractivity contribution in [3.63, 3.8) is 0 Å². The van der Waals surface area contributed by atoms with Gasteiger partial charge < -0.3 is 14.4 Å². The van der Waals surface area contributed by atoms with Crippen molar-refractivity contribution < 1.29 is 23.9 Å². The molecule has 9 nitrogen and oxygen atoms in total. The Balaban J connectivity index is 1.25. The van der Waals surface area contributed by atoms with Crippen molar-refractivity contribution in [2.75, 3.05) is 19.7 Å². The summed E-state index contributed by atoms with van der Waals surface area (Å²) in [4.78, 5) is 37.8. The highest BCUT2D eigenvalue weighted by Crippen LogP contribution is 2.32. The molecule has 9 heteroatoms. The third-order valence-corrected chi connectivity index (χ3v) is 6.71. The number of carbonyl (C=O) groups excluding carboxylic acids is 3. The molecule has 1 aromatic heterocycles. The summed E-state index contributed by atoms with van der Waals surface area (Å²) in [6.45, 7) is 7.78. The summed E-state index contributed by atoms with van der Waals surface area (Å²) in [6.07, 6.45) is 4.58. The van der Waals surface area contributed by atoms with Crippen molar-refractivity contribution in [3.8, 4) is 5.75 Å². The van der Waals surface area contributed by atoms with Crippen molar-refractivity contribution in [2.24, 2.45) is 13.0 Å². The Kier molecular flexibility index (Phi) is 7.33. The van der Waals surface area contributed by atoms with Gasteiger partial charge in [-0.05, 0) is 70.9 Å². The van der Waals surface area contributed by atoms with Gasteiger partial charge in [0.15, 0.2) is 0 Å². The maximum absolute atomic E-state index is 12.3. The van der Waals surface area contributed by atoms with Gasteiger partial charge in [-0.1, -0.05) is 0 Å². The fourth-order valence-electron chi connectivity index (χ4n) is 4.86. The molecule has 0 spiro atoms. The standard InChI is InChI=1S/C26H36N4O5/c1-26(2,3)35-25(33)30-13-11-17(12-14-30)6-5-15-34-18-7-8-19-21(16-18)29(4)28-23(19)20-9-10-22(31)27-24(20)32/h7-8,16-17,20H,5-6,9-15H2,1-4H3,(H,27,31,32). The molecule has 0 saturated carbocycles. The van der Waals surface area contributed by atoms with E-state index in [0.717, 1.165) is 55.4 Å². The molecule has 2 aliphatic heterocycles. The molecule has 3 heterocycles. The average Bonchev–Trinajstić information content (AvgIpc) is 3.11. The van der Waals surface area contributed by atoms with Crippen LogP contribution in [0.4, 0.5) is 4.79 Å². The smallest absolute Gasteiger partial charge is 0.410 e. The summed E-state index contributed by atoms with van der Waals surface area (Å²) >= 11 is 0. The number of rotatable bonds is 6. The Bertz CT molecular complexity index is 1100. The summed E-state index contributed by atoms with van der Waals surface area (Å²) in [6, 6.07) is 5.82. The van der Waals surface area contributed by atoms with E-state index in [1.165, 1.54) is 0 Å². The number of nitrogens with zero attached hydrogens (tertiary/aromatic N) is 3. The lowest BCUT2D eigenvalue weighted by atomic mass is 9.92. The summed E-state index contributed by atoms with van der Waals surface area (Å²) in [7, 11) is 1.85. The molecule has 4 rings (SSSR count). The Morgan fingerprint density at radius 3 is 2.60 bits per heavy atom. The molecule has 1 aromatic carbocycles. The zero-order valence-corrected chi connectivity index (χ0v) is 21.1. The van der Waals surface area contributed by atoms with Gasteiger partial charge in [-0.15, -0.1) is 0 Å². The van der Waals surface area contributed by atoms with Crippen molar-refractivity contribution in [1.29, 1.82) is 0 Å². The first-order chi connectivity index (χ1) is 16.6. The molecule has 0 bridgehead atoms. The fourth-order valence-corrected chi connectivity index (χ4v) is 4.86. The van der Waals surface area contributed by atoms with Gasteiger partial charge in [0, 0.05) is 38.0 Å². The first-order valence-corrected chi connectivity index (χ1v) is 12.5. The molecule has 2 aliphatic rings. The Morgan fingerprint density at radius 2 is 1.91 bits per heavy atom. The first-order valence-electron chi connectivity index (χ1n) is 12.5. The quantitative estimate of drug-likeness (QED) is 0.493. The number of fused-ring (bicyclic) bond motifs is 1. The number of ether oxygens (including phenoxy) is 2. The molecule has 1 unspecified atom stereocenters. The molecule has 2 saturated heterocycles. The molecule has 190 valence electrons. The highest BCUT2D eigenvalue weighted by Gasteiger charge is 2.31. The Labute approximate surface area is 206 Å². The molecular weight excluding hydrogens is 448 g/mol. The fraction of sp³-hybridized carbons (Fsp3) is 0.615. The highest BCUT2D eigenvalue weighted by molar-refractivity contribution is 6.02. The number of benzene rings is 1. The van der Waals surface area contributed by atoms with Gasteiger partial charge >= 0.3 is 6.09 Å². The zero-order valence-electron chi connectivity index (χ0n) is 21.1. The predicted octanol–water partition coefficient (Wildman–Crippen LogP) is 3.90. The largest absolute Gasteiger partial charge is 0.494 e. The van der Waals surface area contributed by atoms with Gasteiger partial charge in [0.05, 0.1) is 23.7 Å². The van der Waals surface area contributed by atoms with E-state index >= 15 is 0 Å². The van der Waals surface area contributed by atoms with E-state index in [0.29, 0.717) is 31.1 Å². The van der Waals surface area contributed by atoms with Gasteiger partial charge in [0.2, 0.25) is 11.8 Å². The van der Waals surface area contributed by atoms with Gasteiger partial charge in [0.25, 0.3) is 0 Å². The maximum Gasteiger partial charge on any atom is 0.410 e. The number of aryl methyl sites for hydroxylation is 1. The van der Waals surface area contributed by atoms with Crippen molar-refractivity contribution in [1.82, 2.24) is 20.0 Å². The van der Waals surface area contributed by atoms with Crippen LogP contribution in [0.3, 0.4) is 0 Å². The molecule has 2 aromatic rings. The van der Waals surface area contributed by atoms with Crippen LogP contribution in [0.2, 0.25) is 0 Å². The number of piperidine rings is 2. The van der Waals surface area contributed by atoms with Crippen LogP contribution < -0.4 is 10.1 Å². The maximum atomic E-state index is 12.3. The van der Waals surface area contributed by atoms with E-state index in [-0.39, 0.29) is 17.9 Å². The van der Waals surface area contributed by atoms with Crippen LogP contribution in [0.5, 0.6) is 5.75 Å². The van der Waals surface area contributed by atoms with Gasteiger partial charge in [-0.25, -0.2) is 4.79 Å². The third kappa shape index (κ3) is 6.13. The number of aromatic nitrogens is 2. The molecule has 35 heavy (non-hydrogen) atoms. The van der Waals surface area contributed by atoms with Crippen LogP contribution in [0.1, 0.15) is 70.9 Å². The third-order valence-electron chi connectivity index (χ3n) is 6.71. The summed E-state index contributed by atoms with van der Waals surface area (Å²) in [5.74, 6) is 0.446. The van der Waals surface area contributed by atoms with Crippen molar-refractivity contribution in [3.05, 3.63) is 23.9 Å². The van der Waals surface area contributed by atoms with E-state index in [4.69, 9.17) is 9.47 Å². The minimum Gasteiger partial charge on any atom is -0.494 e. The van der Waals surface area contributed by atoms with Crippen LogP contribution in [-0.2, 0) is 21.4 Å². The number of likely N-dealkylation sites (tertiary alicyclic amines) is 1. The SMILES string of the molecule is Cn1nc(C2CCC(=O)NC2=O)c2ccc(OCCCC3CCN(C(=O)OC(C)(C)C)CC3)cc21. The number of hydrogen-bond acceptors (Lipinski definition) is 6. The Hall–Kier alpha value is -3.10. The van der Waals surface area contributed by atoms with E-state index in [2.05, 4.69) is 10.4 Å². The van der Waals surface area contributed by atoms with E-state index in [1.807, 2.05) is 50.9 Å². The second-order valence-electron chi connectivity index (χ2n) is 10.6. The second-order valence-corrected chi connectivity index (χ2v) is 10.6. The second kappa shape index (κ2) is 10.3. The molecule has 3 amide bonds. The van der Waals surface area contributed by atoms with E-state index in [1.54, 1.807) is 4.68 Å². The number of nitrogens with one attached hydrogen (secondary N) is 1. The van der Waals surface area contributed by atoms with Crippen LogP contribution in [0.15, 0.2) is 18.2 Å². The topological polar surface area (TPSA) is 103 Å².